The molecule has 0 aliphatic heterocycles. The lowest BCUT2D eigenvalue weighted by atomic mass is 9.87. The summed E-state index contributed by atoms with van der Waals surface area (Å²) in [5.74, 6) is 0. The van der Waals surface area contributed by atoms with Gasteiger partial charge in [0.1, 0.15) is 0 Å². The van der Waals surface area contributed by atoms with Crippen molar-refractivity contribution in [3.8, 4) is 0 Å². The summed E-state index contributed by atoms with van der Waals surface area (Å²) in [5.41, 5.74) is 3.02. The van der Waals surface area contributed by atoms with Gasteiger partial charge in [0.15, 0.2) is 0 Å². The average molecular weight is 362 g/mol. The van der Waals surface area contributed by atoms with Crippen molar-refractivity contribution in [2.75, 3.05) is 0 Å². The van der Waals surface area contributed by atoms with Gasteiger partial charge in [0, 0.05) is 17.3 Å². The Labute approximate surface area is 166 Å². The Bertz CT molecular complexity index is 438. The van der Waals surface area contributed by atoms with Crippen LogP contribution >= 0.6 is 0 Å². The summed E-state index contributed by atoms with van der Waals surface area (Å²) < 4.78 is 0. The van der Waals surface area contributed by atoms with Gasteiger partial charge in [-0.3, -0.25) is 4.98 Å². The van der Waals surface area contributed by atoms with Crippen LogP contribution in [0.3, 0.4) is 0 Å². The molecule has 0 radical (unpaired) electrons. The van der Waals surface area contributed by atoms with Crippen molar-refractivity contribution in [2.24, 2.45) is 0 Å². The summed E-state index contributed by atoms with van der Waals surface area (Å²) >= 11 is 0. The average Bonchev–Trinajstić information content (AvgIpc) is 2.59. The lowest BCUT2D eigenvalue weighted by molar-refractivity contribution is 0.569. The predicted octanol–water partition coefficient (Wildman–Crippen LogP) is 8.69. The zero-order valence-corrected chi connectivity index (χ0v) is 17.6. The highest BCUT2D eigenvalue weighted by molar-refractivity contribution is 5.22. The normalized spacial score (nSPS) is 9.31. The van der Waals surface area contributed by atoms with E-state index in [9.17, 15) is 0 Å². The van der Waals surface area contributed by atoms with Gasteiger partial charge in [-0.1, -0.05) is 120 Å². The molecule has 0 bridgehead atoms. The minimum atomic E-state index is 0. The molecule has 1 aromatic heterocycles. The highest BCUT2D eigenvalue weighted by Crippen LogP contribution is 2.20. The molecule has 0 aliphatic carbocycles. The van der Waals surface area contributed by atoms with Gasteiger partial charge in [0.2, 0.25) is 0 Å². The quantitative estimate of drug-likeness (QED) is 0.457. The Hall–Kier alpha value is -1.63. The molecule has 0 amide bonds. The molecule has 1 nitrogen and oxygen atoms in total. The van der Waals surface area contributed by atoms with E-state index in [0.717, 1.165) is 5.69 Å². The molecule has 1 aromatic carbocycles. The SMILES string of the molecule is C.C.CC.CC.CC(C)(C)c1ccccc1.CC(C)(C)c1ccccn1. The molecule has 2 aromatic rings. The molecular formula is C25H47N. The van der Waals surface area contributed by atoms with Gasteiger partial charge < -0.3 is 0 Å². The first-order chi connectivity index (χ1) is 11.2. The summed E-state index contributed by atoms with van der Waals surface area (Å²) in [6, 6.07) is 16.6. The highest BCUT2D eigenvalue weighted by Gasteiger charge is 2.13. The summed E-state index contributed by atoms with van der Waals surface area (Å²) in [6.45, 7) is 21.2. The lowest BCUT2D eigenvalue weighted by Gasteiger charge is -2.18. The Morgan fingerprint density at radius 1 is 0.577 bits per heavy atom. The van der Waals surface area contributed by atoms with Crippen molar-refractivity contribution in [2.45, 2.75) is 94.9 Å². The Kier molecular flexibility index (Phi) is 20.7. The van der Waals surface area contributed by atoms with E-state index in [1.807, 2.05) is 46.0 Å². The second kappa shape index (κ2) is 16.8. The van der Waals surface area contributed by atoms with Crippen LogP contribution in [0.4, 0.5) is 0 Å². The molecule has 0 spiro atoms. The lowest BCUT2D eigenvalue weighted by Crippen LogP contribution is -2.12. The van der Waals surface area contributed by atoms with E-state index in [4.69, 9.17) is 0 Å². The van der Waals surface area contributed by atoms with Crippen LogP contribution in [0.1, 0.15) is 95.3 Å². The first-order valence-corrected chi connectivity index (χ1v) is 9.18. The molecule has 0 saturated carbocycles. The van der Waals surface area contributed by atoms with Gasteiger partial charge >= 0.3 is 0 Å². The number of hydrogen-bond donors (Lipinski definition) is 0. The summed E-state index contributed by atoms with van der Waals surface area (Å²) in [4.78, 5) is 4.25. The number of aromatic nitrogens is 1. The van der Waals surface area contributed by atoms with Crippen LogP contribution in [0.15, 0.2) is 54.7 Å². The number of rotatable bonds is 0. The Balaban J connectivity index is -0.000000147. The number of hydrogen-bond acceptors (Lipinski definition) is 1. The maximum atomic E-state index is 4.25. The molecule has 2 rings (SSSR count). The monoisotopic (exact) mass is 361 g/mol. The topological polar surface area (TPSA) is 12.9 Å². The third kappa shape index (κ3) is 14.7. The fourth-order valence-electron chi connectivity index (χ4n) is 1.74. The standard InChI is InChI=1S/C10H14.C9H13N.2C2H6.2CH4/c1-10(2,3)9-7-5-4-6-8-9;1-9(2,3)8-6-4-5-7-10-8;2*1-2;;/h4-8H,1-3H3;4-7H,1-3H3;2*1-2H3;2*1H4. The highest BCUT2D eigenvalue weighted by atomic mass is 14.7. The van der Waals surface area contributed by atoms with Crippen LogP contribution < -0.4 is 0 Å². The molecule has 26 heavy (non-hydrogen) atoms. The van der Waals surface area contributed by atoms with Crippen molar-refractivity contribution >= 4 is 0 Å². The zero-order chi connectivity index (χ0) is 19.2. The minimum Gasteiger partial charge on any atom is -0.261 e. The smallest absolute Gasteiger partial charge is 0.0457 e. The molecule has 0 atom stereocenters. The Morgan fingerprint density at radius 3 is 1.23 bits per heavy atom. The summed E-state index contributed by atoms with van der Waals surface area (Å²) in [5, 5.41) is 0. The van der Waals surface area contributed by atoms with E-state index in [-0.39, 0.29) is 20.3 Å². The second-order valence-electron chi connectivity index (χ2n) is 7.08. The summed E-state index contributed by atoms with van der Waals surface area (Å²) in [7, 11) is 0. The van der Waals surface area contributed by atoms with E-state index in [1.54, 1.807) is 0 Å². The van der Waals surface area contributed by atoms with Crippen molar-refractivity contribution in [1.29, 1.82) is 0 Å². The van der Waals surface area contributed by atoms with Crippen molar-refractivity contribution < 1.29 is 0 Å². The van der Waals surface area contributed by atoms with Gasteiger partial charge in [-0.15, -0.1) is 0 Å². The molecule has 0 unspecified atom stereocenters. The predicted molar refractivity (Wildman–Crippen MR) is 124 cm³/mol. The maximum absolute atomic E-state index is 4.25. The molecule has 0 saturated heterocycles. The van der Waals surface area contributed by atoms with Gasteiger partial charge in [0.25, 0.3) is 0 Å². The molecular weight excluding hydrogens is 314 g/mol. The number of pyridine rings is 1. The van der Waals surface area contributed by atoms with Crippen molar-refractivity contribution in [1.82, 2.24) is 4.98 Å². The zero-order valence-electron chi connectivity index (χ0n) is 17.6. The number of nitrogens with zero attached hydrogens (tertiary/aromatic N) is 1. The molecule has 0 N–H and O–H groups in total. The van der Waals surface area contributed by atoms with Crippen LogP contribution in [0.25, 0.3) is 0 Å². The second-order valence-corrected chi connectivity index (χ2v) is 7.08. The van der Waals surface area contributed by atoms with Crippen LogP contribution in [0.5, 0.6) is 0 Å². The maximum Gasteiger partial charge on any atom is 0.0457 e. The fraction of sp³-hybridized carbons (Fsp3) is 0.560. The van der Waals surface area contributed by atoms with Crippen LogP contribution in [0, 0.1) is 0 Å². The summed E-state index contributed by atoms with van der Waals surface area (Å²) in [6.07, 6.45) is 1.83. The van der Waals surface area contributed by atoms with Crippen molar-refractivity contribution in [3.05, 3.63) is 66.0 Å². The van der Waals surface area contributed by atoms with Crippen LogP contribution in [-0.4, -0.2) is 4.98 Å². The molecule has 1 heterocycles. The first kappa shape index (κ1) is 32.1. The van der Waals surface area contributed by atoms with Gasteiger partial charge in [-0.2, -0.15) is 0 Å². The van der Waals surface area contributed by atoms with Gasteiger partial charge in [-0.05, 0) is 23.1 Å². The fourth-order valence-corrected chi connectivity index (χ4v) is 1.74. The van der Waals surface area contributed by atoms with Gasteiger partial charge in [0.05, 0.1) is 0 Å². The van der Waals surface area contributed by atoms with E-state index in [1.165, 1.54) is 5.56 Å². The largest absolute Gasteiger partial charge is 0.261 e. The van der Waals surface area contributed by atoms with Crippen LogP contribution in [0.2, 0.25) is 0 Å². The molecule has 0 fully saturated rings. The van der Waals surface area contributed by atoms with Crippen LogP contribution in [-0.2, 0) is 10.8 Å². The molecule has 0 aliphatic rings. The van der Waals surface area contributed by atoms with E-state index in [2.05, 4.69) is 82.9 Å². The van der Waals surface area contributed by atoms with E-state index in [0.29, 0.717) is 5.41 Å². The van der Waals surface area contributed by atoms with Gasteiger partial charge in [-0.25, -0.2) is 0 Å². The molecule has 152 valence electrons. The number of benzene rings is 1. The first-order valence-electron chi connectivity index (χ1n) is 9.18. The third-order valence-electron chi connectivity index (χ3n) is 3.07. The molecule has 1 heteroatoms. The van der Waals surface area contributed by atoms with Crippen molar-refractivity contribution in [3.63, 3.8) is 0 Å². The minimum absolute atomic E-state index is 0. The third-order valence-corrected chi connectivity index (χ3v) is 3.07. The van der Waals surface area contributed by atoms with E-state index < -0.39 is 0 Å². The Morgan fingerprint density at radius 2 is 1.00 bits per heavy atom. The van der Waals surface area contributed by atoms with E-state index >= 15 is 0 Å².